The van der Waals surface area contributed by atoms with E-state index in [0.29, 0.717) is 5.56 Å². The first kappa shape index (κ1) is 19.7. The number of hydrogen-bond donors (Lipinski definition) is 1. The highest BCUT2D eigenvalue weighted by Gasteiger charge is 2.20. The van der Waals surface area contributed by atoms with Crippen LogP contribution >= 0.6 is 0 Å². The summed E-state index contributed by atoms with van der Waals surface area (Å²) >= 11 is 0. The number of anilines is 1. The fourth-order valence-corrected chi connectivity index (χ4v) is 2.58. The number of carbonyl (C=O) groups is 2. The van der Waals surface area contributed by atoms with E-state index in [0.717, 1.165) is 22.4 Å². The zero-order valence-electron chi connectivity index (χ0n) is 16.3. The lowest BCUT2D eigenvalue weighted by Crippen LogP contribution is -2.30. The Morgan fingerprint density at radius 2 is 1.62 bits per heavy atom. The molecule has 0 saturated heterocycles. The molecule has 0 bridgehead atoms. The molecular weight excluding hydrogens is 326 g/mol. The van der Waals surface area contributed by atoms with Gasteiger partial charge in [-0.25, -0.2) is 4.79 Å². The van der Waals surface area contributed by atoms with Crippen molar-refractivity contribution in [1.29, 1.82) is 0 Å². The minimum atomic E-state index is -0.884. The summed E-state index contributed by atoms with van der Waals surface area (Å²) in [6, 6.07) is 13.1. The normalized spacial score (nSPS) is 12.4. The number of aryl methyl sites for hydroxylation is 2. The summed E-state index contributed by atoms with van der Waals surface area (Å²) in [6.07, 6.45) is -0.884. The third-order valence-corrected chi connectivity index (χ3v) is 4.28. The van der Waals surface area contributed by atoms with Crippen molar-refractivity contribution in [1.82, 2.24) is 0 Å². The maximum absolute atomic E-state index is 12.3. The summed E-state index contributed by atoms with van der Waals surface area (Å²) in [4.78, 5) is 24.6. The molecule has 0 aromatic heterocycles. The Bertz CT molecular complexity index is 801. The lowest BCUT2D eigenvalue weighted by Gasteiger charge is -2.19. The third kappa shape index (κ3) is 4.94. The van der Waals surface area contributed by atoms with Gasteiger partial charge in [-0.1, -0.05) is 50.6 Å². The average molecular weight is 353 g/mol. The average Bonchev–Trinajstić information content (AvgIpc) is 2.56. The van der Waals surface area contributed by atoms with Crippen LogP contribution in [0.25, 0.3) is 0 Å². The van der Waals surface area contributed by atoms with E-state index in [2.05, 4.69) is 26.1 Å². The SMILES string of the molecule is Cc1ccc(NC(=O)[C@H](C)OC(=O)c2ccc(C(C)(C)C)cc2)c(C)c1. The Hall–Kier alpha value is -2.62. The van der Waals surface area contributed by atoms with Crippen LogP contribution < -0.4 is 5.32 Å². The maximum Gasteiger partial charge on any atom is 0.338 e. The Morgan fingerprint density at radius 1 is 1.00 bits per heavy atom. The van der Waals surface area contributed by atoms with E-state index in [1.165, 1.54) is 0 Å². The molecule has 0 unspecified atom stereocenters. The van der Waals surface area contributed by atoms with Gasteiger partial charge in [0.1, 0.15) is 0 Å². The van der Waals surface area contributed by atoms with Gasteiger partial charge in [0.2, 0.25) is 0 Å². The van der Waals surface area contributed by atoms with Crippen LogP contribution in [-0.4, -0.2) is 18.0 Å². The van der Waals surface area contributed by atoms with Gasteiger partial charge in [0.25, 0.3) is 5.91 Å². The van der Waals surface area contributed by atoms with Gasteiger partial charge < -0.3 is 10.1 Å². The van der Waals surface area contributed by atoms with E-state index in [-0.39, 0.29) is 11.3 Å². The second kappa shape index (κ2) is 7.73. The van der Waals surface area contributed by atoms with Crippen molar-refractivity contribution in [3.8, 4) is 0 Å². The van der Waals surface area contributed by atoms with Gasteiger partial charge in [0.05, 0.1) is 5.56 Å². The molecule has 2 rings (SSSR count). The highest BCUT2D eigenvalue weighted by Crippen LogP contribution is 2.22. The summed E-state index contributed by atoms with van der Waals surface area (Å²) in [6.45, 7) is 11.8. The molecule has 4 nitrogen and oxygen atoms in total. The van der Waals surface area contributed by atoms with Crippen molar-refractivity contribution < 1.29 is 14.3 Å². The van der Waals surface area contributed by atoms with Crippen molar-refractivity contribution >= 4 is 17.6 Å². The second-order valence-corrected chi connectivity index (χ2v) is 7.68. The molecule has 0 saturated carbocycles. The van der Waals surface area contributed by atoms with Gasteiger partial charge >= 0.3 is 5.97 Å². The topological polar surface area (TPSA) is 55.4 Å². The molecule has 0 aliphatic carbocycles. The lowest BCUT2D eigenvalue weighted by molar-refractivity contribution is -0.123. The van der Waals surface area contributed by atoms with E-state index < -0.39 is 12.1 Å². The first-order valence-electron chi connectivity index (χ1n) is 8.77. The fraction of sp³-hybridized carbons (Fsp3) is 0.364. The molecular formula is C22H27NO3. The van der Waals surface area contributed by atoms with Crippen LogP contribution in [-0.2, 0) is 14.9 Å². The van der Waals surface area contributed by atoms with Crippen molar-refractivity contribution in [3.05, 3.63) is 64.7 Å². The second-order valence-electron chi connectivity index (χ2n) is 7.68. The predicted octanol–water partition coefficient (Wildman–Crippen LogP) is 4.78. The fourth-order valence-electron chi connectivity index (χ4n) is 2.58. The van der Waals surface area contributed by atoms with Crippen molar-refractivity contribution in [2.24, 2.45) is 0 Å². The molecule has 0 aliphatic rings. The summed E-state index contributed by atoms with van der Waals surface area (Å²) in [5, 5.41) is 2.81. The number of benzene rings is 2. The molecule has 138 valence electrons. The molecule has 0 fully saturated rings. The molecule has 26 heavy (non-hydrogen) atoms. The van der Waals surface area contributed by atoms with E-state index in [1.54, 1.807) is 19.1 Å². The quantitative estimate of drug-likeness (QED) is 0.805. The number of carbonyl (C=O) groups excluding carboxylic acids is 2. The molecule has 4 heteroatoms. The van der Waals surface area contributed by atoms with Crippen LogP contribution in [0.1, 0.15) is 54.7 Å². The number of nitrogens with one attached hydrogen (secondary N) is 1. The van der Waals surface area contributed by atoms with Crippen LogP contribution in [0.5, 0.6) is 0 Å². The monoisotopic (exact) mass is 353 g/mol. The zero-order chi connectivity index (χ0) is 19.5. The van der Waals surface area contributed by atoms with Crippen LogP contribution in [0.3, 0.4) is 0 Å². The van der Waals surface area contributed by atoms with Crippen LogP contribution in [0.2, 0.25) is 0 Å². The van der Waals surface area contributed by atoms with Crippen molar-refractivity contribution in [2.75, 3.05) is 5.32 Å². The number of esters is 1. The molecule has 2 aromatic carbocycles. The van der Waals surface area contributed by atoms with Crippen LogP contribution in [0.4, 0.5) is 5.69 Å². The van der Waals surface area contributed by atoms with Gasteiger partial charge in [-0.05, 0) is 55.5 Å². The van der Waals surface area contributed by atoms with E-state index in [1.807, 2.05) is 44.2 Å². The Labute approximate surface area is 155 Å². The zero-order valence-corrected chi connectivity index (χ0v) is 16.3. The Morgan fingerprint density at radius 3 is 2.15 bits per heavy atom. The predicted molar refractivity (Wildman–Crippen MR) is 105 cm³/mol. The number of ether oxygens (including phenoxy) is 1. The highest BCUT2D eigenvalue weighted by molar-refractivity contribution is 5.97. The summed E-state index contributed by atoms with van der Waals surface area (Å²) < 4.78 is 5.31. The minimum Gasteiger partial charge on any atom is -0.449 e. The molecule has 2 aromatic rings. The van der Waals surface area contributed by atoms with E-state index in [9.17, 15) is 9.59 Å². The number of hydrogen-bond acceptors (Lipinski definition) is 3. The third-order valence-electron chi connectivity index (χ3n) is 4.28. The molecule has 1 atom stereocenters. The summed E-state index contributed by atoms with van der Waals surface area (Å²) in [7, 11) is 0. The Balaban J connectivity index is 2.00. The molecule has 0 heterocycles. The summed E-state index contributed by atoms with van der Waals surface area (Å²) in [5.41, 5.74) is 4.40. The lowest BCUT2D eigenvalue weighted by atomic mass is 9.87. The number of rotatable bonds is 4. The van der Waals surface area contributed by atoms with Gasteiger partial charge in [0, 0.05) is 5.69 Å². The Kier molecular flexibility index (Phi) is 5.86. The molecule has 1 N–H and O–H groups in total. The summed E-state index contributed by atoms with van der Waals surface area (Å²) in [5.74, 6) is -0.856. The smallest absolute Gasteiger partial charge is 0.338 e. The molecule has 0 aliphatic heterocycles. The van der Waals surface area contributed by atoms with E-state index >= 15 is 0 Å². The van der Waals surface area contributed by atoms with E-state index in [4.69, 9.17) is 4.74 Å². The van der Waals surface area contributed by atoms with Crippen molar-refractivity contribution in [3.63, 3.8) is 0 Å². The molecule has 0 spiro atoms. The first-order chi connectivity index (χ1) is 12.1. The van der Waals surface area contributed by atoms with Gasteiger partial charge in [-0.2, -0.15) is 0 Å². The van der Waals surface area contributed by atoms with Gasteiger partial charge in [-0.3, -0.25) is 4.79 Å². The number of amides is 1. The highest BCUT2D eigenvalue weighted by atomic mass is 16.5. The van der Waals surface area contributed by atoms with Gasteiger partial charge in [0.15, 0.2) is 6.10 Å². The standard InChI is InChI=1S/C22H27NO3/c1-14-7-12-19(15(2)13-14)23-20(24)16(3)26-21(25)17-8-10-18(11-9-17)22(4,5)6/h7-13,16H,1-6H3,(H,23,24)/t16-/m0/s1. The molecule has 1 amide bonds. The van der Waals surface area contributed by atoms with Crippen molar-refractivity contribution in [2.45, 2.75) is 53.1 Å². The minimum absolute atomic E-state index is 0.0154. The van der Waals surface area contributed by atoms with Crippen LogP contribution in [0, 0.1) is 13.8 Å². The maximum atomic E-state index is 12.3. The van der Waals surface area contributed by atoms with Gasteiger partial charge in [-0.15, -0.1) is 0 Å². The van der Waals surface area contributed by atoms with Crippen LogP contribution in [0.15, 0.2) is 42.5 Å². The largest absolute Gasteiger partial charge is 0.449 e. The molecule has 0 radical (unpaired) electrons. The first-order valence-corrected chi connectivity index (χ1v) is 8.77.